The first kappa shape index (κ1) is 14.1. The minimum Gasteiger partial charge on any atom is -0.336 e. The number of nitrogens with two attached hydrogens (primary N) is 1. The molecule has 0 aliphatic heterocycles. The number of hydrogen-bond donors (Lipinski definition) is 1. The van der Waals surface area contributed by atoms with Crippen LogP contribution in [-0.4, -0.2) is 14.2 Å². The molecule has 1 aliphatic carbocycles. The number of hydrogen-bond acceptors (Lipinski definition) is 3. The maximum Gasteiger partial charge on any atom is 0.270 e. The Labute approximate surface area is 134 Å². The smallest absolute Gasteiger partial charge is 0.270 e. The van der Waals surface area contributed by atoms with Crippen molar-refractivity contribution in [2.75, 3.05) is 5.84 Å². The van der Waals surface area contributed by atoms with E-state index in [1.807, 2.05) is 34.9 Å². The zero-order valence-corrected chi connectivity index (χ0v) is 13.0. The van der Waals surface area contributed by atoms with Crippen LogP contribution in [0.15, 0.2) is 47.5 Å². The summed E-state index contributed by atoms with van der Waals surface area (Å²) >= 11 is 0. The van der Waals surface area contributed by atoms with E-state index < -0.39 is 0 Å². The van der Waals surface area contributed by atoms with Gasteiger partial charge >= 0.3 is 0 Å². The molecule has 0 unspecified atom stereocenters. The van der Waals surface area contributed by atoms with Crippen molar-refractivity contribution in [2.45, 2.75) is 38.0 Å². The second-order valence-electron chi connectivity index (χ2n) is 6.28. The zero-order chi connectivity index (χ0) is 15.8. The second kappa shape index (κ2) is 5.57. The lowest BCUT2D eigenvalue weighted by atomic mass is 9.86. The van der Waals surface area contributed by atoms with Gasteiger partial charge in [0.25, 0.3) is 5.56 Å². The molecule has 0 spiro atoms. The van der Waals surface area contributed by atoms with Gasteiger partial charge in [-0.1, -0.05) is 31.4 Å². The summed E-state index contributed by atoms with van der Waals surface area (Å²) in [4.78, 5) is 16.8. The Balaban J connectivity index is 1.86. The Morgan fingerprint density at radius 3 is 2.70 bits per heavy atom. The molecule has 1 aliphatic rings. The summed E-state index contributed by atoms with van der Waals surface area (Å²) in [7, 11) is 0. The number of pyridine rings is 1. The first-order valence-electron chi connectivity index (χ1n) is 8.18. The molecule has 5 nitrogen and oxygen atoms in total. The van der Waals surface area contributed by atoms with Crippen LogP contribution >= 0.6 is 0 Å². The molecular weight excluding hydrogens is 288 g/mol. The number of imidazole rings is 1. The van der Waals surface area contributed by atoms with Gasteiger partial charge in [-0.2, -0.15) is 0 Å². The topological polar surface area (TPSA) is 65.8 Å². The highest BCUT2D eigenvalue weighted by molar-refractivity contribution is 5.77. The van der Waals surface area contributed by atoms with E-state index in [9.17, 15) is 4.79 Å². The van der Waals surface area contributed by atoms with Crippen molar-refractivity contribution in [2.24, 2.45) is 0 Å². The second-order valence-corrected chi connectivity index (χ2v) is 6.28. The van der Waals surface area contributed by atoms with Crippen LogP contribution in [0.5, 0.6) is 0 Å². The van der Waals surface area contributed by atoms with E-state index >= 15 is 0 Å². The summed E-state index contributed by atoms with van der Waals surface area (Å²) in [5, 5.41) is 0. The summed E-state index contributed by atoms with van der Waals surface area (Å²) in [5.41, 5.74) is 3.52. The summed E-state index contributed by atoms with van der Waals surface area (Å²) in [6, 6.07) is 11.6. The fourth-order valence-corrected chi connectivity index (χ4v) is 3.60. The van der Waals surface area contributed by atoms with Crippen molar-refractivity contribution in [1.82, 2.24) is 14.2 Å². The fourth-order valence-electron chi connectivity index (χ4n) is 3.60. The Kier molecular flexibility index (Phi) is 3.41. The van der Waals surface area contributed by atoms with Gasteiger partial charge in [0.1, 0.15) is 6.33 Å². The Morgan fingerprint density at radius 2 is 1.87 bits per heavy atom. The van der Waals surface area contributed by atoms with Crippen molar-refractivity contribution in [3.05, 3.63) is 58.8 Å². The van der Waals surface area contributed by atoms with Crippen molar-refractivity contribution in [1.29, 1.82) is 0 Å². The van der Waals surface area contributed by atoms with Crippen molar-refractivity contribution in [3.8, 4) is 5.69 Å². The Bertz CT molecular complexity index is 903. The van der Waals surface area contributed by atoms with E-state index in [4.69, 9.17) is 5.84 Å². The molecule has 0 atom stereocenters. The molecule has 5 heteroatoms. The summed E-state index contributed by atoms with van der Waals surface area (Å²) in [6.45, 7) is 0. The van der Waals surface area contributed by atoms with Crippen molar-refractivity contribution in [3.63, 3.8) is 0 Å². The van der Waals surface area contributed by atoms with Gasteiger partial charge in [0.05, 0.1) is 16.7 Å². The standard InChI is InChI=1S/C18H20N4O/c19-22-17(13-6-2-1-3-7-13)10-14(11-18(22)23)21-12-20-15-8-4-5-9-16(15)21/h4-5,8-13H,1-3,6-7,19H2. The molecule has 0 amide bonds. The highest BCUT2D eigenvalue weighted by Crippen LogP contribution is 2.32. The van der Waals surface area contributed by atoms with Crippen LogP contribution in [0.2, 0.25) is 0 Å². The molecule has 1 fully saturated rings. The van der Waals surface area contributed by atoms with Crippen LogP contribution in [-0.2, 0) is 0 Å². The molecule has 23 heavy (non-hydrogen) atoms. The Morgan fingerprint density at radius 1 is 1.09 bits per heavy atom. The van der Waals surface area contributed by atoms with E-state index in [1.54, 1.807) is 12.4 Å². The van der Waals surface area contributed by atoms with Crippen molar-refractivity contribution < 1.29 is 0 Å². The summed E-state index contributed by atoms with van der Waals surface area (Å²) in [6.07, 6.45) is 7.66. The normalized spacial score (nSPS) is 16.0. The molecule has 0 radical (unpaired) electrons. The average molecular weight is 308 g/mol. The van der Waals surface area contributed by atoms with Gasteiger partial charge in [-0.05, 0) is 31.0 Å². The van der Waals surface area contributed by atoms with E-state index in [-0.39, 0.29) is 5.56 Å². The minimum absolute atomic E-state index is 0.166. The SMILES string of the molecule is Nn1c(C2CCCCC2)cc(-n2cnc3ccccc32)cc1=O. The number of nitrogen functional groups attached to an aromatic ring is 1. The largest absolute Gasteiger partial charge is 0.336 e. The van der Waals surface area contributed by atoms with E-state index in [0.717, 1.165) is 35.3 Å². The van der Waals surface area contributed by atoms with E-state index in [2.05, 4.69) is 4.98 Å². The monoisotopic (exact) mass is 308 g/mol. The van der Waals surface area contributed by atoms with Gasteiger partial charge < -0.3 is 5.84 Å². The highest BCUT2D eigenvalue weighted by Gasteiger charge is 2.20. The van der Waals surface area contributed by atoms with Crippen molar-refractivity contribution >= 4 is 11.0 Å². The molecule has 2 aromatic heterocycles. The maximum absolute atomic E-state index is 12.3. The molecule has 2 heterocycles. The third kappa shape index (κ3) is 2.42. The predicted molar refractivity (Wildman–Crippen MR) is 91.3 cm³/mol. The minimum atomic E-state index is -0.166. The average Bonchev–Trinajstić information content (AvgIpc) is 3.02. The van der Waals surface area contributed by atoms with Gasteiger partial charge in [-0.25, -0.2) is 9.66 Å². The number of fused-ring (bicyclic) bond motifs is 1. The molecule has 4 rings (SSSR count). The number of nitrogens with zero attached hydrogens (tertiary/aromatic N) is 3. The number of benzene rings is 1. The van der Waals surface area contributed by atoms with Crippen LogP contribution in [0.4, 0.5) is 0 Å². The molecule has 0 saturated heterocycles. The number of para-hydroxylation sites is 2. The molecule has 118 valence electrons. The first-order valence-corrected chi connectivity index (χ1v) is 8.18. The third-order valence-corrected chi connectivity index (χ3v) is 4.84. The van der Waals surface area contributed by atoms with Crippen LogP contribution in [0.25, 0.3) is 16.7 Å². The quantitative estimate of drug-likeness (QED) is 0.740. The zero-order valence-electron chi connectivity index (χ0n) is 13.0. The lowest BCUT2D eigenvalue weighted by Gasteiger charge is -2.24. The lowest BCUT2D eigenvalue weighted by Crippen LogP contribution is -2.32. The molecule has 1 saturated carbocycles. The van der Waals surface area contributed by atoms with Crippen LogP contribution in [0.3, 0.4) is 0 Å². The summed E-state index contributed by atoms with van der Waals surface area (Å²) < 4.78 is 3.28. The molecular formula is C18H20N4O. The molecule has 3 aromatic rings. The van der Waals surface area contributed by atoms with Crippen LogP contribution in [0, 0.1) is 0 Å². The van der Waals surface area contributed by atoms with Gasteiger partial charge in [-0.15, -0.1) is 0 Å². The van der Waals surface area contributed by atoms with Gasteiger partial charge in [0.15, 0.2) is 0 Å². The third-order valence-electron chi connectivity index (χ3n) is 4.84. The van der Waals surface area contributed by atoms with Gasteiger partial charge in [0.2, 0.25) is 0 Å². The van der Waals surface area contributed by atoms with Gasteiger partial charge in [0, 0.05) is 17.7 Å². The maximum atomic E-state index is 12.3. The van der Waals surface area contributed by atoms with E-state index in [1.165, 1.54) is 23.9 Å². The number of rotatable bonds is 2. The molecule has 2 N–H and O–H groups in total. The van der Waals surface area contributed by atoms with Gasteiger partial charge in [-0.3, -0.25) is 9.36 Å². The summed E-state index contributed by atoms with van der Waals surface area (Å²) in [5.74, 6) is 6.40. The Hall–Kier alpha value is -2.56. The highest BCUT2D eigenvalue weighted by atomic mass is 16.1. The fraction of sp³-hybridized carbons (Fsp3) is 0.333. The van der Waals surface area contributed by atoms with Crippen LogP contribution in [0.1, 0.15) is 43.7 Å². The predicted octanol–water partition coefficient (Wildman–Crippen LogP) is 2.95. The first-order chi connectivity index (χ1) is 11.2. The molecule has 1 aromatic carbocycles. The number of aromatic nitrogens is 3. The lowest BCUT2D eigenvalue weighted by molar-refractivity contribution is 0.428. The molecule has 0 bridgehead atoms. The van der Waals surface area contributed by atoms with Crippen LogP contribution < -0.4 is 11.4 Å². The van der Waals surface area contributed by atoms with E-state index in [0.29, 0.717) is 5.92 Å².